The van der Waals surface area contributed by atoms with E-state index in [0.29, 0.717) is 17.2 Å². The van der Waals surface area contributed by atoms with Gasteiger partial charge in [-0.1, -0.05) is 0 Å². The van der Waals surface area contributed by atoms with Crippen molar-refractivity contribution in [2.45, 2.75) is 10.6 Å². The molecule has 12 heavy (non-hydrogen) atoms. The molecule has 1 aromatic heterocycles. The number of carbonyl (C=O) groups is 1. The van der Waals surface area contributed by atoms with Crippen molar-refractivity contribution in [3.63, 3.8) is 0 Å². The maximum absolute atomic E-state index is 10.7. The summed E-state index contributed by atoms with van der Waals surface area (Å²) in [5.74, 6) is -0.168. The van der Waals surface area contributed by atoms with Crippen LogP contribution in [-0.2, 0) is 16.1 Å². The Morgan fingerprint density at radius 1 is 1.67 bits per heavy atom. The molecule has 0 aliphatic heterocycles. The van der Waals surface area contributed by atoms with Gasteiger partial charge in [-0.25, -0.2) is 0 Å². The molecular weight excluding hydrogens is 357 g/mol. The zero-order chi connectivity index (χ0) is 8.81. The molecule has 1 heterocycles. The number of tetrazole rings is 1. The molecule has 0 spiro atoms. The van der Waals surface area contributed by atoms with Gasteiger partial charge in [0, 0.05) is 0 Å². The molecule has 1 radical (unpaired) electrons. The van der Waals surface area contributed by atoms with Gasteiger partial charge in [-0.15, -0.1) is 0 Å². The van der Waals surface area contributed by atoms with E-state index >= 15 is 0 Å². The number of rotatable bonds is 4. The van der Waals surface area contributed by atoms with Crippen molar-refractivity contribution in [1.29, 1.82) is 0 Å². The van der Waals surface area contributed by atoms with Crippen molar-refractivity contribution in [3.8, 4) is 0 Å². The molecule has 0 aromatic carbocycles. The van der Waals surface area contributed by atoms with Crippen molar-refractivity contribution in [2.24, 2.45) is 0 Å². The van der Waals surface area contributed by atoms with Crippen LogP contribution in [0.25, 0.3) is 0 Å². The van der Waals surface area contributed by atoms with E-state index in [1.807, 2.05) is 0 Å². The zero-order valence-electron chi connectivity index (χ0n) is 6.21. The Kier molecular flexibility index (Phi) is 4.09. The summed E-state index contributed by atoms with van der Waals surface area (Å²) in [6, 6.07) is 0. The van der Waals surface area contributed by atoms with Crippen LogP contribution in [0.5, 0.6) is 0 Å². The fourth-order valence-electron chi connectivity index (χ4n) is 0.577. The fraction of sp³-hybridized carbons (Fsp3) is 0.600. The molecule has 0 aliphatic carbocycles. The van der Waals surface area contributed by atoms with Gasteiger partial charge in [0.05, 0.1) is 0 Å². The molecule has 0 bridgehead atoms. The predicted molar refractivity (Wildman–Crippen MR) is 39.3 cm³/mol. The van der Waals surface area contributed by atoms with Gasteiger partial charge in [0.2, 0.25) is 0 Å². The first-order chi connectivity index (χ1) is 5.83. The zero-order valence-corrected chi connectivity index (χ0v) is 9.39. The van der Waals surface area contributed by atoms with Gasteiger partial charge in [0.25, 0.3) is 0 Å². The molecule has 0 fully saturated rings. The molecule has 65 valence electrons. The second-order valence-electron chi connectivity index (χ2n) is 1.94. The molecule has 0 N–H and O–H groups in total. The van der Waals surface area contributed by atoms with E-state index in [0.717, 1.165) is 0 Å². The Labute approximate surface area is 84.4 Å². The van der Waals surface area contributed by atoms with Crippen LogP contribution in [0.4, 0.5) is 0 Å². The Morgan fingerprint density at radius 2 is 2.50 bits per heavy atom. The third kappa shape index (κ3) is 3.22. The van der Waals surface area contributed by atoms with Gasteiger partial charge in [0.1, 0.15) is 0 Å². The van der Waals surface area contributed by atoms with E-state index in [4.69, 9.17) is 4.74 Å². The Hall–Kier alpha value is -0.564. The Bertz CT molecular complexity index is 238. The standard InChI is InChI=1S/C5H7N4O2.Po/c1-5(10)11-3-2-9-4-6-7-8-9;/h4H,1-3H2;. The summed E-state index contributed by atoms with van der Waals surface area (Å²) in [6.45, 7) is 0.839. The first-order valence-corrected chi connectivity index (χ1v) is 5.52. The van der Waals surface area contributed by atoms with Crippen LogP contribution in [0, 0.1) is 0 Å². The molecule has 1 rings (SSSR count). The molecule has 6 nitrogen and oxygen atoms in total. The van der Waals surface area contributed by atoms with Gasteiger partial charge in [-0.2, -0.15) is 0 Å². The van der Waals surface area contributed by atoms with Crippen LogP contribution in [0.1, 0.15) is 0 Å². The number of ether oxygens (including phenoxy) is 1. The predicted octanol–water partition coefficient (Wildman–Crippen LogP) is -1.20. The first kappa shape index (κ1) is 9.52. The van der Waals surface area contributed by atoms with Crippen LogP contribution in [0.15, 0.2) is 6.33 Å². The molecule has 0 saturated heterocycles. The third-order valence-corrected chi connectivity index (χ3v) is 2.01. The number of esters is 1. The van der Waals surface area contributed by atoms with Crippen molar-refractivity contribution in [1.82, 2.24) is 20.2 Å². The number of hydrogen-bond donors (Lipinski definition) is 0. The topological polar surface area (TPSA) is 69.9 Å². The third-order valence-electron chi connectivity index (χ3n) is 1.09. The van der Waals surface area contributed by atoms with Gasteiger partial charge in [-0.05, 0) is 0 Å². The van der Waals surface area contributed by atoms with E-state index in [1.165, 1.54) is 36.1 Å². The van der Waals surface area contributed by atoms with Gasteiger partial charge in [0.15, 0.2) is 0 Å². The Morgan fingerprint density at radius 3 is 3.08 bits per heavy atom. The van der Waals surface area contributed by atoms with E-state index in [2.05, 4.69) is 15.5 Å². The SMILES string of the molecule is O=C([CH2][Po])OCCn1cnnn1. The van der Waals surface area contributed by atoms with Crippen molar-refractivity contribution in [3.05, 3.63) is 6.33 Å². The molecule has 0 amide bonds. The molecule has 0 saturated carbocycles. The molecule has 0 aliphatic rings. The minimum atomic E-state index is -0.168. The van der Waals surface area contributed by atoms with Crippen LogP contribution < -0.4 is 0 Å². The van der Waals surface area contributed by atoms with E-state index in [-0.39, 0.29) is 5.97 Å². The summed E-state index contributed by atoms with van der Waals surface area (Å²) in [7, 11) is 0. The van der Waals surface area contributed by atoms with Gasteiger partial charge in [-0.3, -0.25) is 0 Å². The monoisotopic (exact) mass is 364 g/mol. The number of nitrogens with zero attached hydrogens (tertiary/aromatic N) is 4. The second-order valence-corrected chi connectivity index (χ2v) is 3.06. The quantitative estimate of drug-likeness (QED) is 0.628. The van der Waals surface area contributed by atoms with E-state index < -0.39 is 0 Å². The minimum absolute atomic E-state index is 0.168. The molecular formula is C5H7N4O2Po. The number of aromatic nitrogens is 4. The average Bonchev–Trinajstić information content (AvgIpc) is 2.57. The molecule has 1 aromatic rings. The molecule has 0 atom stereocenters. The summed E-state index contributed by atoms with van der Waals surface area (Å²) in [5, 5.41) is 10.5. The molecule has 0 unspecified atom stereocenters. The molecule has 7 heteroatoms. The summed E-state index contributed by atoms with van der Waals surface area (Å²) >= 11 is 1.21. The normalized spacial score (nSPS) is 9.75. The maximum atomic E-state index is 10.7. The van der Waals surface area contributed by atoms with Crippen LogP contribution in [-0.4, -0.2) is 57.8 Å². The van der Waals surface area contributed by atoms with Gasteiger partial charge < -0.3 is 0 Å². The van der Waals surface area contributed by atoms with E-state index in [1.54, 1.807) is 0 Å². The second kappa shape index (κ2) is 5.15. The first-order valence-electron chi connectivity index (χ1n) is 3.27. The average molecular weight is 364 g/mol. The fourth-order valence-corrected chi connectivity index (χ4v) is 0.901. The van der Waals surface area contributed by atoms with Crippen LogP contribution >= 0.6 is 0 Å². The summed E-state index contributed by atoms with van der Waals surface area (Å²) in [5.41, 5.74) is 0. The van der Waals surface area contributed by atoms with Gasteiger partial charge >= 0.3 is 84.3 Å². The van der Waals surface area contributed by atoms with E-state index in [9.17, 15) is 4.79 Å². The van der Waals surface area contributed by atoms with Crippen LogP contribution in [0.2, 0.25) is 4.08 Å². The Balaban J connectivity index is 2.15. The summed E-state index contributed by atoms with van der Waals surface area (Å²) < 4.78 is 6.82. The summed E-state index contributed by atoms with van der Waals surface area (Å²) in [4.78, 5) is 10.7. The van der Waals surface area contributed by atoms with Crippen molar-refractivity contribution in [2.75, 3.05) is 6.61 Å². The summed E-state index contributed by atoms with van der Waals surface area (Å²) in [6.07, 6.45) is 1.48. The van der Waals surface area contributed by atoms with Crippen molar-refractivity contribution >= 4 is 31.0 Å². The van der Waals surface area contributed by atoms with Crippen molar-refractivity contribution < 1.29 is 9.53 Å². The number of carbonyl (C=O) groups excluding carboxylic acids is 1. The number of hydrogen-bond acceptors (Lipinski definition) is 5. The van der Waals surface area contributed by atoms with Crippen LogP contribution in [0.3, 0.4) is 0 Å².